The minimum Gasteiger partial charge on any atom is -0.463 e. The van der Waals surface area contributed by atoms with Crippen molar-refractivity contribution in [3.8, 4) is 0 Å². The van der Waals surface area contributed by atoms with Crippen molar-refractivity contribution in [1.29, 1.82) is 0 Å². The average molecular weight is 615 g/mol. The van der Waals surface area contributed by atoms with Crippen molar-refractivity contribution in [2.75, 3.05) is 63.9 Å². The molecule has 0 heterocycles. The lowest BCUT2D eigenvalue weighted by Gasteiger charge is -2.08. The summed E-state index contributed by atoms with van der Waals surface area (Å²) in [6, 6.07) is 0. The number of esters is 1. The number of halogens is 1. The zero-order chi connectivity index (χ0) is 25.5. The van der Waals surface area contributed by atoms with Crippen molar-refractivity contribution >= 4 is 28.6 Å². The first-order valence-electron chi connectivity index (χ1n) is 14.3. The van der Waals surface area contributed by atoms with Gasteiger partial charge in [-0.3, -0.25) is 4.79 Å². The van der Waals surface area contributed by atoms with Gasteiger partial charge >= 0.3 is 5.97 Å². The van der Waals surface area contributed by atoms with Crippen LogP contribution in [-0.4, -0.2) is 69.9 Å². The van der Waals surface area contributed by atoms with Crippen molar-refractivity contribution in [2.45, 2.75) is 110 Å². The predicted octanol–water partition coefficient (Wildman–Crippen LogP) is 7.29. The highest BCUT2D eigenvalue weighted by Gasteiger charge is 2.02. The summed E-state index contributed by atoms with van der Waals surface area (Å²) in [7, 11) is 0. The molecule has 0 saturated heterocycles. The smallest absolute Gasteiger partial charge is 0.305 e. The Labute approximate surface area is 230 Å². The maximum atomic E-state index is 11.8. The lowest BCUT2D eigenvalue weighted by Crippen LogP contribution is -2.14. The molecule has 0 fully saturated rings. The SMILES string of the molecule is CCCCCCCCCCCCCCCCCC(=O)OCCOCCOCCOCCOCCI. The van der Waals surface area contributed by atoms with Crippen LogP contribution in [0.2, 0.25) is 0 Å². The molecule has 0 aromatic carbocycles. The molecule has 0 saturated carbocycles. The van der Waals surface area contributed by atoms with Crippen molar-refractivity contribution in [1.82, 2.24) is 0 Å². The molecule has 0 N–H and O–H groups in total. The molecule has 0 aromatic rings. The minimum absolute atomic E-state index is 0.112. The topological polar surface area (TPSA) is 63.2 Å². The zero-order valence-electron chi connectivity index (χ0n) is 22.7. The first kappa shape index (κ1) is 35.0. The monoisotopic (exact) mass is 614 g/mol. The Balaban J connectivity index is 3.14. The van der Waals surface area contributed by atoms with Crippen molar-refractivity contribution < 1.29 is 28.5 Å². The Morgan fingerprint density at radius 1 is 0.486 bits per heavy atom. The summed E-state index contributed by atoms with van der Waals surface area (Å²) in [5.74, 6) is -0.112. The summed E-state index contributed by atoms with van der Waals surface area (Å²) in [5.41, 5.74) is 0. The largest absolute Gasteiger partial charge is 0.463 e. The van der Waals surface area contributed by atoms with E-state index in [1.807, 2.05) is 0 Å². The predicted molar refractivity (Wildman–Crippen MR) is 153 cm³/mol. The van der Waals surface area contributed by atoms with Crippen LogP contribution in [0.25, 0.3) is 0 Å². The molecule has 7 heteroatoms. The van der Waals surface area contributed by atoms with Gasteiger partial charge in [0.2, 0.25) is 0 Å². The van der Waals surface area contributed by atoms with E-state index in [9.17, 15) is 4.79 Å². The molecule has 0 unspecified atom stereocenters. The average Bonchev–Trinajstić information content (AvgIpc) is 2.86. The van der Waals surface area contributed by atoms with Gasteiger partial charge in [0.25, 0.3) is 0 Å². The van der Waals surface area contributed by atoms with E-state index < -0.39 is 0 Å². The molecule has 0 rings (SSSR count). The Hall–Kier alpha value is 0.0400. The van der Waals surface area contributed by atoms with E-state index in [0.29, 0.717) is 59.3 Å². The first-order chi connectivity index (χ1) is 17.3. The van der Waals surface area contributed by atoms with Crippen LogP contribution in [0.4, 0.5) is 0 Å². The van der Waals surface area contributed by atoms with Crippen LogP contribution in [0.5, 0.6) is 0 Å². The Morgan fingerprint density at radius 3 is 1.23 bits per heavy atom. The van der Waals surface area contributed by atoms with Crippen LogP contribution >= 0.6 is 22.6 Å². The summed E-state index contributed by atoms with van der Waals surface area (Å²) in [5, 5.41) is 0. The van der Waals surface area contributed by atoms with Gasteiger partial charge in [-0.05, 0) is 6.42 Å². The summed E-state index contributed by atoms with van der Waals surface area (Å²) < 4.78 is 27.8. The number of carbonyl (C=O) groups is 1. The van der Waals surface area contributed by atoms with Crippen LogP contribution in [-0.2, 0) is 28.5 Å². The normalized spacial score (nSPS) is 11.3. The van der Waals surface area contributed by atoms with Gasteiger partial charge in [0.15, 0.2) is 0 Å². The fourth-order valence-electron chi connectivity index (χ4n) is 3.74. The standard InChI is InChI=1S/C28H55IO6/c1-2-3-4-5-6-7-8-9-10-11-12-13-14-15-16-17-28(30)35-27-26-34-25-24-33-23-22-32-21-20-31-19-18-29/h2-27H2,1H3. The van der Waals surface area contributed by atoms with Crippen LogP contribution in [0, 0.1) is 0 Å². The van der Waals surface area contributed by atoms with Gasteiger partial charge in [0.1, 0.15) is 6.61 Å². The van der Waals surface area contributed by atoms with Gasteiger partial charge in [-0.15, -0.1) is 0 Å². The van der Waals surface area contributed by atoms with Gasteiger partial charge < -0.3 is 23.7 Å². The van der Waals surface area contributed by atoms with Gasteiger partial charge in [-0.2, -0.15) is 0 Å². The van der Waals surface area contributed by atoms with E-state index in [2.05, 4.69) is 29.5 Å². The quantitative estimate of drug-likeness (QED) is 0.0367. The third kappa shape index (κ3) is 32.0. The number of hydrogen-bond donors (Lipinski definition) is 0. The number of ether oxygens (including phenoxy) is 5. The molecule has 0 amide bonds. The molecule has 0 aliphatic heterocycles. The maximum absolute atomic E-state index is 11.8. The second kappa shape index (κ2) is 32.1. The van der Waals surface area contributed by atoms with Crippen molar-refractivity contribution in [3.63, 3.8) is 0 Å². The molecule has 35 heavy (non-hydrogen) atoms. The molecule has 0 spiro atoms. The van der Waals surface area contributed by atoms with Gasteiger partial charge in [-0.1, -0.05) is 119 Å². The summed E-state index contributed by atoms with van der Waals surface area (Å²) in [6.07, 6.45) is 20.4. The van der Waals surface area contributed by atoms with Crippen LogP contribution in [0.3, 0.4) is 0 Å². The number of carbonyl (C=O) groups excluding carboxylic acids is 1. The second-order valence-corrected chi connectivity index (χ2v) is 10.1. The number of hydrogen-bond acceptors (Lipinski definition) is 6. The van der Waals surface area contributed by atoms with Crippen LogP contribution in [0.15, 0.2) is 0 Å². The fraction of sp³-hybridized carbons (Fsp3) is 0.964. The number of unbranched alkanes of at least 4 members (excludes halogenated alkanes) is 14. The molecular weight excluding hydrogens is 559 g/mol. The molecule has 0 aliphatic carbocycles. The third-order valence-electron chi connectivity index (χ3n) is 5.81. The van der Waals surface area contributed by atoms with E-state index >= 15 is 0 Å². The Kier molecular flexibility index (Phi) is 32.1. The van der Waals surface area contributed by atoms with E-state index in [4.69, 9.17) is 23.7 Å². The summed E-state index contributed by atoms with van der Waals surface area (Å²) in [6.45, 7) is 7.12. The summed E-state index contributed by atoms with van der Waals surface area (Å²) >= 11 is 2.28. The molecule has 0 bridgehead atoms. The minimum atomic E-state index is -0.112. The molecule has 6 nitrogen and oxygen atoms in total. The molecular formula is C28H55IO6. The molecule has 0 aliphatic rings. The Morgan fingerprint density at radius 2 is 0.829 bits per heavy atom. The second-order valence-electron chi connectivity index (χ2n) is 9.06. The lowest BCUT2D eigenvalue weighted by molar-refractivity contribution is -0.145. The van der Waals surface area contributed by atoms with E-state index in [1.165, 1.54) is 83.5 Å². The summed E-state index contributed by atoms with van der Waals surface area (Å²) in [4.78, 5) is 11.8. The highest BCUT2D eigenvalue weighted by Crippen LogP contribution is 2.13. The van der Waals surface area contributed by atoms with E-state index in [-0.39, 0.29) is 5.97 Å². The van der Waals surface area contributed by atoms with Gasteiger partial charge in [0, 0.05) is 10.8 Å². The van der Waals surface area contributed by atoms with Crippen molar-refractivity contribution in [2.24, 2.45) is 0 Å². The Bertz CT molecular complexity index is 411. The molecule has 210 valence electrons. The molecule has 0 radical (unpaired) electrons. The van der Waals surface area contributed by atoms with Crippen LogP contribution < -0.4 is 0 Å². The number of rotatable bonds is 30. The maximum Gasteiger partial charge on any atom is 0.305 e. The highest BCUT2D eigenvalue weighted by molar-refractivity contribution is 14.1. The van der Waals surface area contributed by atoms with Crippen molar-refractivity contribution in [3.05, 3.63) is 0 Å². The van der Waals surface area contributed by atoms with Gasteiger partial charge in [0.05, 0.1) is 52.9 Å². The van der Waals surface area contributed by atoms with E-state index in [0.717, 1.165) is 23.9 Å². The third-order valence-corrected chi connectivity index (χ3v) is 6.25. The molecule has 0 atom stereocenters. The zero-order valence-corrected chi connectivity index (χ0v) is 24.9. The molecule has 0 aromatic heterocycles. The van der Waals surface area contributed by atoms with E-state index in [1.54, 1.807) is 0 Å². The van der Waals surface area contributed by atoms with Gasteiger partial charge in [-0.25, -0.2) is 0 Å². The highest BCUT2D eigenvalue weighted by atomic mass is 127. The first-order valence-corrected chi connectivity index (χ1v) is 15.9. The van der Waals surface area contributed by atoms with Crippen LogP contribution in [0.1, 0.15) is 110 Å². The fourth-order valence-corrected chi connectivity index (χ4v) is 4.06. The lowest BCUT2D eigenvalue weighted by atomic mass is 10.0. The number of alkyl halides is 1.